The number of nitrogens with one attached hydrogen (secondary N) is 1. The standard InChI is InChI=1S/C16H24N2S/c1-2-6-16(18-9-3-4-10-18)14(5-1)13-17-15-7-11-19-12-8-15/h1-2,5-6,15,17H,3-4,7-13H2. The number of para-hydroxylation sites is 1. The van der Waals surface area contributed by atoms with Crippen molar-refractivity contribution in [2.45, 2.75) is 38.3 Å². The van der Waals surface area contributed by atoms with E-state index in [4.69, 9.17) is 0 Å². The molecule has 2 nitrogen and oxygen atoms in total. The van der Waals surface area contributed by atoms with Crippen molar-refractivity contribution in [3.8, 4) is 0 Å². The molecule has 3 rings (SSSR count). The summed E-state index contributed by atoms with van der Waals surface area (Å²) in [5, 5.41) is 3.76. The fraction of sp³-hybridized carbons (Fsp3) is 0.625. The minimum absolute atomic E-state index is 0.730. The molecule has 0 saturated carbocycles. The molecular formula is C16H24N2S. The zero-order valence-electron chi connectivity index (χ0n) is 11.6. The van der Waals surface area contributed by atoms with Crippen molar-refractivity contribution in [2.75, 3.05) is 29.5 Å². The Balaban J connectivity index is 1.62. The Labute approximate surface area is 121 Å². The SMILES string of the molecule is c1ccc(N2CCCC2)c(CNC2CCSCC2)c1. The summed E-state index contributed by atoms with van der Waals surface area (Å²) in [6.07, 6.45) is 5.36. The van der Waals surface area contributed by atoms with Crippen LogP contribution < -0.4 is 10.2 Å². The second-order valence-corrected chi connectivity index (χ2v) is 6.82. The molecule has 2 fully saturated rings. The lowest BCUT2D eigenvalue weighted by atomic mass is 10.1. The maximum atomic E-state index is 3.76. The van der Waals surface area contributed by atoms with Crippen LogP contribution in [0.4, 0.5) is 5.69 Å². The lowest BCUT2D eigenvalue weighted by Crippen LogP contribution is -2.32. The molecule has 1 aromatic rings. The zero-order valence-corrected chi connectivity index (χ0v) is 12.4. The molecule has 3 heteroatoms. The van der Waals surface area contributed by atoms with E-state index in [9.17, 15) is 0 Å². The summed E-state index contributed by atoms with van der Waals surface area (Å²) in [5.41, 5.74) is 2.93. The normalized spacial score (nSPS) is 20.9. The van der Waals surface area contributed by atoms with Gasteiger partial charge in [0.05, 0.1) is 0 Å². The van der Waals surface area contributed by atoms with Crippen molar-refractivity contribution in [3.63, 3.8) is 0 Å². The van der Waals surface area contributed by atoms with Crippen molar-refractivity contribution < 1.29 is 0 Å². The summed E-state index contributed by atoms with van der Waals surface area (Å²) in [6.45, 7) is 3.50. The maximum Gasteiger partial charge on any atom is 0.0411 e. The van der Waals surface area contributed by atoms with Gasteiger partial charge in [-0.25, -0.2) is 0 Å². The molecule has 1 N–H and O–H groups in total. The Bertz CT molecular complexity index is 395. The summed E-state index contributed by atoms with van der Waals surface area (Å²) in [5.74, 6) is 2.65. The largest absolute Gasteiger partial charge is 0.371 e. The third-order valence-electron chi connectivity index (χ3n) is 4.24. The fourth-order valence-corrected chi connectivity index (χ4v) is 4.19. The van der Waals surface area contributed by atoms with Gasteiger partial charge < -0.3 is 10.2 Å². The van der Waals surface area contributed by atoms with Crippen LogP contribution in [0.2, 0.25) is 0 Å². The number of rotatable bonds is 4. The number of hydrogen-bond donors (Lipinski definition) is 1. The Kier molecular flexibility index (Phi) is 4.67. The van der Waals surface area contributed by atoms with Gasteiger partial charge >= 0.3 is 0 Å². The van der Waals surface area contributed by atoms with Crippen molar-refractivity contribution in [1.29, 1.82) is 0 Å². The molecule has 2 aliphatic heterocycles. The highest BCUT2D eigenvalue weighted by Gasteiger charge is 2.17. The maximum absolute atomic E-state index is 3.76. The lowest BCUT2D eigenvalue weighted by Gasteiger charge is -2.25. The third-order valence-corrected chi connectivity index (χ3v) is 5.29. The van der Waals surface area contributed by atoms with Gasteiger partial charge in [-0.15, -0.1) is 0 Å². The van der Waals surface area contributed by atoms with Crippen molar-refractivity contribution >= 4 is 17.4 Å². The van der Waals surface area contributed by atoms with Gasteiger partial charge in [-0.2, -0.15) is 11.8 Å². The van der Waals surface area contributed by atoms with E-state index in [1.807, 2.05) is 0 Å². The second kappa shape index (κ2) is 6.67. The quantitative estimate of drug-likeness (QED) is 0.908. The van der Waals surface area contributed by atoms with Crippen LogP contribution in [0.5, 0.6) is 0 Å². The predicted molar refractivity (Wildman–Crippen MR) is 85.1 cm³/mol. The van der Waals surface area contributed by atoms with Gasteiger partial charge in [0.15, 0.2) is 0 Å². The van der Waals surface area contributed by atoms with E-state index in [0.29, 0.717) is 0 Å². The van der Waals surface area contributed by atoms with Crippen molar-refractivity contribution in [3.05, 3.63) is 29.8 Å². The molecule has 0 aromatic heterocycles. The number of anilines is 1. The van der Waals surface area contributed by atoms with Crippen LogP contribution in [0.15, 0.2) is 24.3 Å². The molecule has 2 heterocycles. The average molecular weight is 276 g/mol. The van der Waals surface area contributed by atoms with Gasteiger partial charge in [0.25, 0.3) is 0 Å². The first-order valence-corrected chi connectivity index (χ1v) is 8.73. The van der Waals surface area contributed by atoms with Gasteiger partial charge in [0.2, 0.25) is 0 Å². The molecule has 0 atom stereocenters. The molecule has 0 radical (unpaired) electrons. The molecule has 1 aromatic carbocycles. The minimum Gasteiger partial charge on any atom is -0.371 e. The highest BCUT2D eigenvalue weighted by atomic mass is 32.2. The average Bonchev–Trinajstić information content (AvgIpc) is 3.01. The third kappa shape index (κ3) is 3.46. The van der Waals surface area contributed by atoms with Gasteiger partial charge in [-0.3, -0.25) is 0 Å². The number of nitrogens with zero attached hydrogens (tertiary/aromatic N) is 1. The number of benzene rings is 1. The molecule has 0 aliphatic carbocycles. The van der Waals surface area contributed by atoms with Gasteiger partial charge in [0.1, 0.15) is 0 Å². The smallest absolute Gasteiger partial charge is 0.0411 e. The zero-order chi connectivity index (χ0) is 12.9. The van der Waals surface area contributed by atoms with Crippen LogP contribution in [0.1, 0.15) is 31.2 Å². The molecule has 0 spiro atoms. The van der Waals surface area contributed by atoms with E-state index < -0.39 is 0 Å². The van der Waals surface area contributed by atoms with Crippen LogP contribution in [-0.4, -0.2) is 30.6 Å². The van der Waals surface area contributed by atoms with Gasteiger partial charge in [0, 0.05) is 31.4 Å². The number of thioether (sulfide) groups is 1. The first-order chi connectivity index (χ1) is 9.43. The van der Waals surface area contributed by atoms with E-state index in [2.05, 4.69) is 46.2 Å². The van der Waals surface area contributed by atoms with E-state index in [0.717, 1.165) is 12.6 Å². The molecule has 0 amide bonds. The Morgan fingerprint density at radius 2 is 1.84 bits per heavy atom. The summed E-state index contributed by atoms with van der Waals surface area (Å²) in [6, 6.07) is 9.66. The lowest BCUT2D eigenvalue weighted by molar-refractivity contribution is 0.482. The minimum atomic E-state index is 0.730. The molecule has 19 heavy (non-hydrogen) atoms. The van der Waals surface area contributed by atoms with E-state index in [1.165, 1.54) is 61.5 Å². The molecular weight excluding hydrogens is 252 g/mol. The Hall–Kier alpha value is -0.670. The molecule has 104 valence electrons. The summed E-state index contributed by atoms with van der Waals surface area (Å²) >= 11 is 2.10. The van der Waals surface area contributed by atoms with E-state index in [-0.39, 0.29) is 0 Å². The van der Waals surface area contributed by atoms with E-state index in [1.54, 1.807) is 0 Å². The van der Waals surface area contributed by atoms with Crippen molar-refractivity contribution in [2.24, 2.45) is 0 Å². The van der Waals surface area contributed by atoms with E-state index >= 15 is 0 Å². The van der Waals surface area contributed by atoms with Gasteiger partial charge in [-0.05, 0) is 48.8 Å². The number of hydrogen-bond acceptors (Lipinski definition) is 3. The Morgan fingerprint density at radius 1 is 1.11 bits per heavy atom. The highest BCUT2D eigenvalue weighted by molar-refractivity contribution is 7.99. The monoisotopic (exact) mass is 276 g/mol. The fourth-order valence-electron chi connectivity index (χ4n) is 3.08. The summed E-state index contributed by atoms with van der Waals surface area (Å²) < 4.78 is 0. The van der Waals surface area contributed by atoms with Crippen LogP contribution >= 0.6 is 11.8 Å². The molecule has 2 aliphatic rings. The molecule has 2 saturated heterocycles. The van der Waals surface area contributed by atoms with Crippen molar-refractivity contribution in [1.82, 2.24) is 5.32 Å². The molecule has 0 bridgehead atoms. The topological polar surface area (TPSA) is 15.3 Å². The van der Waals surface area contributed by atoms with Crippen LogP contribution in [0.3, 0.4) is 0 Å². The Morgan fingerprint density at radius 3 is 2.63 bits per heavy atom. The molecule has 0 unspecified atom stereocenters. The van der Waals surface area contributed by atoms with Crippen LogP contribution in [-0.2, 0) is 6.54 Å². The first kappa shape index (κ1) is 13.3. The second-order valence-electron chi connectivity index (χ2n) is 5.59. The van der Waals surface area contributed by atoms with Gasteiger partial charge in [-0.1, -0.05) is 18.2 Å². The first-order valence-electron chi connectivity index (χ1n) is 7.57. The highest BCUT2D eigenvalue weighted by Crippen LogP contribution is 2.25. The van der Waals surface area contributed by atoms with Crippen LogP contribution in [0, 0.1) is 0 Å². The summed E-state index contributed by atoms with van der Waals surface area (Å²) in [7, 11) is 0. The summed E-state index contributed by atoms with van der Waals surface area (Å²) in [4.78, 5) is 2.55. The predicted octanol–water partition coefficient (Wildman–Crippen LogP) is 3.27. The van der Waals surface area contributed by atoms with Crippen LogP contribution in [0.25, 0.3) is 0 Å².